The molecule has 0 aliphatic carbocycles. The lowest BCUT2D eigenvalue weighted by molar-refractivity contribution is -0.113. The highest BCUT2D eigenvalue weighted by Gasteiger charge is 2.14. The third-order valence-corrected chi connectivity index (χ3v) is 6.46. The number of anilines is 2. The number of rotatable bonds is 11. The molecule has 0 radical (unpaired) electrons. The Balaban J connectivity index is 1.32. The van der Waals surface area contributed by atoms with E-state index in [-0.39, 0.29) is 17.6 Å². The van der Waals surface area contributed by atoms with E-state index >= 15 is 0 Å². The van der Waals surface area contributed by atoms with Gasteiger partial charge >= 0.3 is 0 Å². The van der Waals surface area contributed by atoms with Crippen molar-refractivity contribution in [3.05, 3.63) is 87.9 Å². The van der Waals surface area contributed by atoms with Crippen LogP contribution in [0.2, 0.25) is 10.0 Å². The van der Waals surface area contributed by atoms with Crippen LogP contribution in [0, 0.1) is 0 Å². The topological polar surface area (TPSA) is 129 Å². The van der Waals surface area contributed by atoms with Crippen LogP contribution in [-0.4, -0.2) is 39.9 Å². The zero-order chi connectivity index (χ0) is 26.9. The SMILES string of the molecule is COc1ccc(Cl)cc1NC(=O)CSc1nnc(N/N=C/c2ccccc2OCc2ccc(Cl)cc2)n1N. The minimum Gasteiger partial charge on any atom is -0.495 e. The number of nitrogens with two attached hydrogens (primary N) is 1. The quantitative estimate of drug-likeness (QED) is 0.0985. The fraction of sp³-hybridized carbons (Fsp3) is 0.120. The highest BCUT2D eigenvalue weighted by Crippen LogP contribution is 2.28. The van der Waals surface area contributed by atoms with Crippen LogP contribution in [0.4, 0.5) is 11.6 Å². The molecule has 1 amide bonds. The minimum atomic E-state index is -0.290. The van der Waals surface area contributed by atoms with E-state index in [9.17, 15) is 4.79 Å². The van der Waals surface area contributed by atoms with Gasteiger partial charge in [0.1, 0.15) is 18.1 Å². The van der Waals surface area contributed by atoms with Gasteiger partial charge in [0.15, 0.2) is 0 Å². The minimum absolute atomic E-state index is 0.0343. The predicted octanol–water partition coefficient (Wildman–Crippen LogP) is 5.06. The van der Waals surface area contributed by atoms with Crippen LogP contribution in [-0.2, 0) is 11.4 Å². The highest BCUT2D eigenvalue weighted by atomic mass is 35.5. The predicted molar refractivity (Wildman–Crippen MR) is 151 cm³/mol. The van der Waals surface area contributed by atoms with Crippen molar-refractivity contribution in [2.45, 2.75) is 11.8 Å². The molecule has 0 aliphatic heterocycles. The van der Waals surface area contributed by atoms with E-state index in [4.69, 9.17) is 38.5 Å². The molecule has 0 spiro atoms. The number of carbonyl (C=O) groups excluding carboxylic acids is 1. The Morgan fingerprint density at radius 2 is 1.84 bits per heavy atom. The van der Waals surface area contributed by atoms with Gasteiger partial charge < -0.3 is 20.6 Å². The van der Waals surface area contributed by atoms with E-state index in [1.165, 1.54) is 11.8 Å². The summed E-state index contributed by atoms with van der Waals surface area (Å²) in [4.78, 5) is 12.4. The largest absolute Gasteiger partial charge is 0.495 e. The summed E-state index contributed by atoms with van der Waals surface area (Å²) in [7, 11) is 1.51. The van der Waals surface area contributed by atoms with Crippen molar-refractivity contribution in [3.63, 3.8) is 0 Å². The van der Waals surface area contributed by atoms with E-state index in [1.807, 2.05) is 48.5 Å². The Morgan fingerprint density at radius 1 is 1.08 bits per heavy atom. The molecule has 0 saturated heterocycles. The van der Waals surface area contributed by atoms with E-state index in [2.05, 4.69) is 26.0 Å². The maximum atomic E-state index is 12.4. The molecule has 0 atom stereocenters. The molecule has 1 heterocycles. The number of benzene rings is 3. The van der Waals surface area contributed by atoms with Gasteiger partial charge in [-0.2, -0.15) is 5.10 Å². The lowest BCUT2D eigenvalue weighted by Crippen LogP contribution is -2.17. The summed E-state index contributed by atoms with van der Waals surface area (Å²) in [6.45, 7) is 0.380. The summed E-state index contributed by atoms with van der Waals surface area (Å²) >= 11 is 13.1. The number of carbonyl (C=O) groups is 1. The molecule has 4 rings (SSSR count). The fourth-order valence-corrected chi connectivity index (χ4v) is 4.12. The molecule has 1 aromatic heterocycles. The molecular formula is C25H23Cl2N7O3S. The van der Waals surface area contributed by atoms with E-state index in [0.717, 1.165) is 22.9 Å². The van der Waals surface area contributed by atoms with E-state index < -0.39 is 0 Å². The number of thioether (sulfide) groups is 1. The van der Waals surface area contributed by atoms with Crippen molar-refractivity contribution < 1.29 is 14.3 Å². The van der Waals surface area contributed by atoms with Crippen molar-refractivity contribution >= 4 is 58.7 Å². The molecule has 38 heavy (non-hydrogen) atoms. The lowest BCUT2D eigenvalue weighted by atomic mass is 10.2. The number of nitrogens with one attached hydrogen (secondary N) is 2. The zero-order valence-electron chi connectivity index (χ0n) is 20.1. The Labute approximate surface area is 233 Å². The number of para-hydroxylation sites is 1. The number of methoxy groups -OCH3 is 1. The molecule has 0 bridgehead atoms. The third kappa shape index (κ3) is 7.31. The second kappa shape index (κ2) is 13.0. The second-order valence-electron chi connectivity index (χ2n) is 7.68. The maximum Gasteiger partial charge on any atom is 0.264 e. The van der Waals surface area contributed by atoms with Gasteiger partial charge in [0.25, 0.3) is 5.95 Å². The summed E-state index contributed by atoms with van der Waals surface area (Å²) in [6.07, 6.45) is 1.59. The normalized spacial score (nSPS) is 10.9. The van der Waals surface area contributed by atoms with Crippen LogP contribution in [0.5, 0.6) is 11.5 Å². The molecule has 196 valence electrons. The molecule has 0 fully saturated rings. The van der Waals surface area contributed by atoms with Crippen LogP contribution in [0.25, 0.3) is 0 Å². The van der Waals surface area contributed by atoms with Crippen LogP contribution in [0.1, 0.15) is 11.1 Å². The summed E-state index contributed by atoms with van der Waals surface area (Å²) in [5, 5.41) is 16.4. The first kappa shape index (κ1) is 27.1. The van der Waals surface area contributed by atoms with Crippen LogP contribution >= 0.6 is 35.0 Å². The average molecular weight is 572 g/mol. The maximum absolute atomic E-state index is 12.4. The number of halogens is 2. The Hall–Kier alpha value is -3.93. The van der Waals surface area contributed by atoms with Gasteiger partial charge in [-0.3, -0.25) is 4.79 Å². The smallest absolute Gasteiger partial charge is 0.264 e. The van der Waals surface area contributed by atoms with Crippen LogP contribution < -0.4 is 26.1 Å². The second-order valence-corrected chi connectivity index (χ2v) is 9.50. The Morgan fingerprint density at radius 3 is 2.63 bits per heavy atom. The summed E-state index contributed by atoms with van der Waals surface area (Å²) in [6, 6.07) is 19.9. The zero-order valence-corrected chi connectivity index (χ0v) is 22.4. The lowest BCUT2D eigenvalue weighted by Gasteiger charge is -2.10. The number of hydrogen-bond acceptors (Lipinski definition) is 9. The van der Waals surface area contributed by atoms with Crippen molar-refractivity contribution in [1.29, 1.82) is 0 Å². The summed E-state index contributed by atoms with van der Waals surface area (Å²) in [5.41, 5.74) is 4.96. The molecule has 13 heteroatoms. The number of hydrogen-bond donors (Lipinski definition) is 3. The first-order chi connectivity index (χ1) is 18.4. The fourth-order valence-electron chi connectivity index (χ4n) is 3.17. The van der Waals surface area contributed by atoms with Gasteiger partial charge in [0, 0.05) is 15.6 Å². The van der Waals surface area contributed by atoms with Crippen LogP contribution in [0.15, 0.2) is 77.0 Å². The average Bonchev–Trinajstić information content (AvgIpc) is 3.27. The molecule has 3 aromatic carbocycles. The number of nitrogen functional groups attached to an aromatic ring is 1. The van der Waals surface area contributed by atoms with E-state index in [1.54, 1.807) is 24.4 Å². The number of nitrogens with zero attached hydrogens (tertiary/aromatic N) is 4. The molecule has 0 unspecified atom stereocenters. The number of hydrazone groups is 1. The first-order valence-corrected chi connectivity index (χ1v) is 12.9. The number of aromatic nitrogens is 3. The van der Waals surface area contributed by atoms with Crippen molar-refractivity contribution in [3.8, 4) is 11.5 Å². The van der Waals surface area contributed by atoms with Gasteiger partial charge in [-0.15, -0.1) is 10.2 Å². The Bertz CT molecular complexity index is 1430. The van der Waals surface area contributed by atoms with Gasteiger partial charge in [0.2, 0.25) is 11.1 Å². The summed E-state index contributed by atoms with van der Waals surface area (Å²) in [5.74, 6) is 7.16. The molecule has 0 saturated carbocycles. The molecule has 4 N–H and O–H groups in total. The first-order valence-electron chi connectivity index (χ1n) is 11.1. The van der Waals surface area contributed by atoms with Gasteiger partial charge in [-0.05, 0) is 48.0 Å². The highest BCUT2D eigenvalue weighted by molar-refractivity contribution is 7.99. The number of ether oxygens (including phenoxy) is 2. The third-order valence-electron chi connectivity index (χ3n) is 5.03. The van der Waals surface area contributed by atoms with Gasteiger partial charge in [-0.25, -0.2) is 10.1 Å². The van der Waals surface area contributed by atoms with Crippen LogP contribution in [0.3, 0.4) is 0 Å². The molecular weight excluding hydrogens is 549 g/mol. The Kier molecular flexibility index (Phi) is 9.30. The van der Waals surface area contributed by atoms with Crippen molar-refractivity contribution in [1.82, 2.24) is 14.9 Å². The van der Waals surface area contributed by atoms with Crippen molar-refractivity contribution in [2.75, 3.05) is 29.4 Å². The monoisotopic (exact) mass is 571 g/mol. The standard InChI is InChI=1S/C25H23Cl2N7O3S/c1-36-22-11-10-19(27)12-20(22)30-23(35)15-38-25-33-32-24(34(25)28)31-29-13-17-4-2-3-5-21(17)37-14-16-6-8-18(26)9-7-16/h2-13H,14-15,28H2,1H3,(H,30,35)(H,31,32)/b29-13+. The van der Waals surface area contributed by atoms with Crippen molar-refractivity contribution in [2.24, 2.45) is 5.10 Å². The number of amides is 1. The van der Waals surface area contributed by atoms with Gasteiger partial charge in [0.05, 0.1) is 24.8 Å². The summed E-state index contributed by atoms with van der Waals surface area (Å²) < 4.78 is 12.4. The van der Waals surface area contributed by atoms with E-state index in [0.29, 0.717) is 39.0 Å². The molecule has 10 nitrogen and oxygen atoms in total. The molecule has 4 aromatic rings. The van der Waals surface area contributed by atoms with Gasteiger partial charge in [-0.1, -0.05) is 59.2 Å². The molecule has 0 aliphatic rings.